The van der Waals surface area contributed by atoms with E-state index in [1.54, 1.807) is 11.3 Å². The molecule has 0 aliphatic rings. The summed E-state index contributed by atoms with van der Waals surface area (Å²) in [4.78, 5) is 5.75. The van der Waals surface area contributed by atoms with Crippen molar-refractivity contribution in [3.63, 3.8) is 0 Å². The van der Waals surface area contributed by atoms with E-state index in [1.165, 1.54) is 32.7 Å². The van der Waals surface area contributed by atoms with Crippen LogP contribution < -0.4 is 0 Å². The third-order valence-electron chi connectivity index (χ3n) is 3.58. The fraction of sp³-hybridized carbons (Fsp3) is 0.400. The molecule has 0 bridgehead atoms. The Kier molecular flexibility index (Phi) is 3.55. The summed E-state index contributed by atoms with van der Waals surface area (Å²) >= 11 is 1.58. The van der Waals surface area contributed by atoms with Crippen LogP contribution in [0.5, 0.6) is 0 Å². The van der Waals surface area contributed by atoms with E-state index in [1.807, 2.05) is 0 Å². The minimum atomic E-state index is 0.0222. The maximum absolute atomic E-state index is 9.22. The van der Waals surface area contributed by atoms with Crippen molar-refractivity contribution in [2.75, 3.05) is 0 Å². The van der Waals surface area contributed by atoms with E-state index in [2.05, 4.69) is 45.7 Å². The Bertz CT molecular complexity index is 573. The first-order chi connectivity index (χ1) is 8.45. The number of hydrogen-bond donors (Lipinski definition) is 1. The molecule has 1 heterocycles. The largest absolute Gasteiger partial charge is 0.389 e. The average Bonchev–Trinajstić information content (AvgIpc) is 2.69. The number of aryl methyl sites for hydroxylation is 3. The molecule has 3 heteroatoms. The third-order valence-corrected chi connectivity index (χ3v) is 4.53. The molecule has 1 aromatic carbocycles. The molecule has 1 N–H and O–H groups in total. The Hall–Kier alpha value is -1.19. The molecule has 0 fully saturated rings. The Morgan fingerprint density at radius 3 is 2.06 bits per heavy atom. The summed E-state index contributed by atoms with van der Waals surface area (Å²) in [5.74, 6) is 0. The number of aliphatic hydroxyl groups excluding tert-OH is 1. The molecule has 0 aliphatic heterocycles. The fourth-order valence-electron chi connectivity index (χ4n) is 2.32. The fourth-order valence-corrected chi connectivity index (χ4v) is 3.12. The number of nitrogens with zero attached hydrogens (tertiary/aromatic N) is 1. The summed E-state index contributed by atoms with van der Waals surface area (Å²) in [5, 5.41) is 10.0. The minimum Gasteiger partial charge on any atom is -0.389 e. The van der Waals surface area contributed by atoms with Crippen LogP contribution in [0.2, 0.25) is 0 Å². The zero-order valence-corrected chi connectivity index (χ0v) is 12.4. The molecule has 0 unspecified atom stereocenters. The molecule has 2 nitrogen and oxygen atoms in total. The van der Waals surface area contributed by atoms with Crippen LogP contribution in [0.15, 0.2) is 6.07 Å². The normalized spacial score (nSPS) is 11.0. The van der Waals surface area contributed by atoms with Crippen LogP contribution in [-0.4, -0.2) is 10.1 Å². The minimum absolute atomic E-state index is 0.0222. The maximum atomic E-state index is 9.22. The Morgan fingerprint density at radius 1 is 1.06 bits per heavy atom. The molecule has 0 amide bonds. The molecular weight excluding hydrogens is 242 g/mol. The lowest BCUT2D eigenvalue weighted by molar-refractivity contribution is 0.281. The summed E-state index contributed by atoms with van der Waals surface area (Å²) in [5.41, 5.74) is 7.44. The van der Waals surface area contributed by atoms with Crippen molar-refractivity contribution in [2.24, 2.45) is 0 Å². The van der Waals surface area contributed by atoms with Crippen LogP contribution in [0.4, 0.5) is 0 Å². The van der Waals surface area contributed by atoms with Crippen LogP contribution >= 0.6 is 11.3 Å². The smallest absolute Gasteiger partial charge is 0.119 e. The average molecular weight is 261 g/mol. The van der Waals surface area contributed by atoms with Crippen molar-refractivity contribution in [3.05, 3.63) is 38.2 Å². The van der Waals surface area contributed by atoms with Crippen molar-refractivity contribution in [3.8, 4) is 11.3 Å². The van der Waals surface area contributed by atoms with Gasteiger partial charge in [-0.05, 0) is 56.9 Å². The lowest BCUT2D eigenvalue weighted by Gasteiger charge is -2.14. The molecule has 2 aromatic rings. The topological polar surface area (TPSA) is 33.1 Å². The zero-order chi connectivity index (χ0) is 13.4. The Labute approximate surface area is 112 Å². The van der Waals surface area contributed by atoms with Gasteiger partial charge in [-0.1, -0.05) is 6.07 Å². The van der Waals surface area contributed by atoms with Crippen LogP contribution in [0.1, 0.15) is 32.1 Å². The lowest BCUT2D eigenvalue weighted by atomic mass is 9.92. The monoisotopic (exact) mass is 261 g/mol. The second-order valence-electron chi connectivity index (χ2n) is 4.81. The van der Waals surface area contributed by atoms with Gasteiger partial charge in [-0.2, -0.15) is 0 Å². The second-order valence-corrected chi connectivity index (χ2v) is 6.09. The number of hydrogen-bond acceptors (Lipinski definition) is 3. The second kappa shape index (κ2) is 4.82. The van der Waals surface area contributed by atoms with Gasteiger partial charge in [0.15, 0.2) is 0 Å². The molecule has 0 radical (unpaired) electrons. The van der Waals surface area contributed by atoms with E-state index >= 15 is 0 Å². The Balaban J connectivity index is 2.73. The van der Waals surface area contributed by atoms with Crippen molar-refractivity contribution in [1.29, 1.82) is 0 Å². The van der Waals surface area contributed by atoms with Gasteiger partial charge in [0, 0.05) is 10.4 Å². The van der Waals surface area contributed by atoms with Gasteiger partial charge in [-0.25, -0.2) is 4.98 Å². The van der Waals surface area contributed by atoms with Gasteiger partial charge in [-0.15, -0.1) is 11.3 Å². The highest BCUT2D eigenvalue weighted by Crippen LogP contribution is 2.35. The van der Waals surface area contributed by atoms with E-state index in [0.717, 1.165) is 10.7 Å². The predicted octanol–water partition coefficient (Wildman–Crippen LogP) is 3.84. The molecular formula is C15H19NOS. The Morgan fingerprint density at radius 2 is 1.61 bits per heavy atom. The van der Waals surface area contributed by atoms with E-state index in [-0.39, 0.29) is 6.61 Å². The summed E-state index contributed by atoms with van der Waals surface area (Å²) in [6.07, 6.45) is 0. The van der Waals surface area contributed by atoms with Crippen LogP contribution in [0, 0.1) is 34.6 Å². The summed E-state index contributed by atoms with van der Waals surface area (Å²) in [6.45, 7) is 10.7. The van der Waals surface area contributed by atoms with Gasteiger partial charge in [0.25, 0.3) is 0 Å². The first kappa shape index (κ1) is 13.2. The number of aromatic nitrogens is 1. The van der Waals surface area contributed by atoms with Gasteiger partial charge in [0.1, 0.15) is 5.01 Å². The quantitative estimate of drug-likeness (QED) is 0.891. The van der Waals surface area contributed by atoms with E-state index in [9.17, 15) is 5.11 Å². The van der Waals surface area contributed by atoms with E-state index in [4.69, 9.17) is 0 Å². The lowest BCUT2D eigenvalue weighted by Crippen LogP contribution is -1.96. The van der Waals surface area contributed by atoms with Gasteiger partial charge >= 0.3 is 0 Å². The van der Waals surface area contributed by atoms with E-state index < -0.39 is 0 Å². The summed E-state index contributed by atoms with van der Waals surface area (Å²) in [7, 11) is 0. The highest BCUT2D eigenvalue weighted by Gasteiger charge is 2.16. The van der Waals surface area contributed by atoms with Crippen molar-refractivity contribution < 1.29 is 5.11 Å². The van der Waals surface area contributed by atoms with Gasteiger partial charge in [0.05, 0.1) is 12.3 Å². The summed E-state index contributed by atoms with van der Waals surface area (Å²) < 4.78 is 0. The molecule has 0 aliphatic carbocycles. The number of thiazole rings is 1. The van der Waals surface area contributed by atoms with E-state index in [0.29, 0.717) is 0 Å². The first-order valence-corrected chi connectivity index (χ1v) is 6.92. The maximum Gasteiger partial charge on any atom is 0.119 e. The molecule has 2 rings (SSSR count). The number of aliphatic hydroxyl groups is 1. The molecule has 0 saturated carbocycles. The van der Waals surface area contributed by atoms with Gasteiger partial charge in [0.2, 0.25) is 0 Å². The molecule has 1 aromatic heterocycles. The highest BCUT2D eigenvalue weighted by molar-refractivity contribution is 7.12. The SMILES string of the molecule is Cc1cc(C)c(C)c(-c2nc(CO)sc2C)c1C. The van der Waals surface area contributed by atoms with Crippen molar-refractivity contribution in [2.45, 2.75) is 41.2 Å². The molecule has 0 spiro atoms. The summed E-state index contributed by atoms with van der Waals surface area (Å²) in [6, 6.07) is 2.23. The zero-order valence-electron chi connectivity index (χ0n) is 11.6. The van der Waals surface area contributed by atoms with Crippen molar-refractivity contribution in [1.82, 2.24) is 4.98 Å². The van der Waals surface area contributed by atoms with Crippen LogP contribution in [-0.2, 0) is 6.61 Å². The van der Waals surface area contributed by atoms with Crippen LogP contribution in [0.25, 0.3) is 11.3 Å². The molecule has 0 saturated heterocycles. The molecule has 96 valence electrons. The third kappa shape index (κ3) is 2.08. The molecule has 18 heavy (non-hydrogen) atoms. The molecule has 0 atom stereocenters. The first-order valence-electron chi connectivity index (χ1n) is 6.10. The number of rotatable bonds is 2. The standard InChI is InChI=1S/C15H19NOS/c1-8-6-9(2)11(4)14(10(8)3)15-12(5)18-13(7-17)16-15/h6,17H,7H2,1-5H3. The van der Waals surface area contributed by atoms with Gasteiger partial charge < -0.3 is 5.11 Å². The number of benzene rings is 1. The highest BCUT2D eigenvalue weighted by atomic mass is 32.1. The predicted molar refractivity (Wildman–Crippen MR) is 77.2 cm³/mol. The van der Waals surface area contributed by atoms with Gasteiger partial charge in [-0.3, -0.25) is 0 Å². The van der Waals surface area contributed by atoms with Crippen LogP contribution in [0.3, 0.4) is 0 Å². The van der Waals surface area contributed by atoms with Crippen molar-refractivity contribution >= 4 is 11.3 Å².